The molecule has 10 heteroatoms. The molecule has 158 valence electrons. The highest BCUT2D eigenvalue weighted by atomic mass is 32.2. The number of nitrogens with one attached hydrogen (secondary N) is 1. The molecule has 0 aliphatic carbocycles. The van der Waals surface area contributed by atoms with E-state index in [-0.39, 0.29) is 23.9 Å². The Kier molecular flexibility index (Phi) is 5.71. The van der Waals surface area contributed by atoms with Gasteiger partial charge in [0.15, 0.2) is 5.75 Å². The van der Waals surface area contributed by atoms with Gasteiger partial charge in [0, 0.05) is 18.8 Å². The predicted molar refractivity (Wildman–Crippen MR) is 109 cm³/mol. The molecule has 0 spiro atoms. The third-order valence-corrected chi connectivity index (χ3v) is 6.70. The molecule has 0 radical (unpaired) electrons. The molecule has 2 aliphatic heterocycles. The maximum absolute atomic E-state index is 12.8. The molecular weight excluding hydrogens is 410 g/mol. The summed E-state index contributed by atoms with van der Waals surface area (Å²) >= 11 is 0. The van der Waals surface area contributed by atoms with Crippen molar-refractivity contribution in [2.75, 3.05) is 49.6 Å². The van der Waals surface area contributed by atoms with E-state index in [2.05, 4.69) is 5.32 Å². The maximum atomic E-state index is 12.8. The van der Waals surface area contributed by atoms with Crippen LogP contribution in [0.1, 0.15) is 0 Å². The van der Waals surface area contributed by atoms with E-state index in [0.29, 0.717) is 43.4 Å². The van der Waals surface area contributed by atoms with Gasteiger partial charge in [0.1, 0.15) is 6.54 Å². The molecule has 1 saturated heterocycles. The van der Waals surface area contributed by atoms with Crippen molar-refractivity contribution in [2.24, 2.45) is 0 Å². The van der Waals surface area contributed by atoms with Gasteiger partial charge in [-0.2, -0.15) is 4.31 Å². The van der Waals surface area contributed by atoms with E-state index in [1.807, 2.05) is 0 Å². The lowest BCUT2D eigenvalue weighted by Crippen LogP contribution is -2.41. The number of morpholine rings is 1. The van der Waals surface area contributed by atoms with E-state index in [0.717, 1.165) is 0 Å². The number of rotatable bonds is 5. The van der Waals surface area contributed by atoms with E-state index in [1.165, 1.54) is 16.4 Å². The average molecular weight is 431 g/mol. The largest absolute Gasteiger partial charge is 0.423 e. The van der Waals surface area contributed by atoms with Crippen LogP contribution in [-0.4, -0.2) is 64.0 Å². The first-order chi connectivity index (χ1) is 14.4. The van der Waals surface area contributed by atoms with Crippen LogP contribution in [0.25, 0.3) is 0 Å². The molecule has 1 fully saturated rings. The predicted octanol–water partition coefficient (Wildman–Crippen LogP) is 1.07. The van der Waals surface area contributed by atoms with Crippen molar-refractivity contribution >= 4 is 33.3 Å². The summed E-state index contributed by atoms with van der Waals surface area (Å²) in [7, 11) is -3.66. The molecule has 2 aromatic carbocycles. The molecule has 4 rings (SSSR count). The summed E-state index contributed by atoms with van der Waals surface area (Å²) in [6.07, 6.45) is 0. The van der Waals surface area contributed by atoms with Crippen molar-refractivity contribution in [2.45, 2.75) is 4.90 Å². The van der Waals surface area contributed by atoms with Crippen molar-refractivity contribution in [3.05, 3.63) is 48.5 Å². The number of amides is 1. The minimum Gasteiger partial charge on any atom is -0.423 e. The standard InChI is InChI=1S/C20H21N3O6S/c24-19(13-22-14-20(25)29-18-7-2-1-6-17(18)22)21-15-4-3-5-16(12-15)30(26,27)23-8-10-28-11-9-23/h1-7,12H,8-11,13-14H2,(H,21,24). The second-order valence-corrected chi connectivity index (χ2v) is 8.83. The van der Waals surface area contributed by atoms with E-state index >= 15 is 0 Å². The van der Waals surface area contributed by atoms with Crippen LogP contribution in [0.4, 0.5) is 11.4 Å². The number of carbonyl (C=O) groups excluding carboxylic acids is 2. The van der Waals surface area contributed by atoms with Gasteiger partial charge in [-0.05, 0) is 30.3 Å². The lowest BCUT2D eigenvalue weighted by molar-refractivity contribution is -0.133. The number of hydrogen-bond acceptors (Lipinski definition) is 7. The summed E-state index contributed by atoms with van der Waals surface area (Å²) in [5.41, 5.74) is 1.01. The van der Waals surface area contributed by atoms with Crippen LogP contribution in [0.5, 0.6) is 5.75 Å². The third-order valence-electron chi connectivity index (χ3n) is 4.81. The van der Waals surface area contributed by atoms with Gasteiger partial charge in [-0.25, -0.2) is 13.2 Å². The Balaban J connectivity index is 1.47. The van der Waals surface area contributed by atoms with Gasteiger partial charge in [0.05, 0.1) is 30.3 Å². The van der Waals surface area contributed by atoms with Gasteiger partial charge in [-0.3, -0.25) is 4.79 Å². The van der Waals surface area contributed by atoms with E-state index in [9.17, 15) is 18.0 Å². The molecule has 0 unspecified atom stereocenters. The van der Waals surface area contributed by atoms with Gasteiger partial charge >= 0.3 is 5.97 Å². The number of nitrogens with zero attached hydrogens (tertiary/aromatic N) is 2. The molecular formula is C20H21N3O6S. The van der Waals surface area contributed by atoms with Crippen LogP contribution >= 0.6 is 0 Å². The molecule has 9 nitrogen and oxygen atoms in total. The Morgan fingerprint density at radius 1 is 1.07 bits per heavy atom. The van der Waals surface area contributed by atoms with E-state index in [1.54, 1.807) is 41.3 Å². The number of hydrogen-bond donors (Lipinski definition) is 1. The van der Waals surface area contributed by atoms with Crippen molar-refractivity contribution in [3.8, 4) is 5.75 Å². The zero-order valence-electron chi connectivity index (χ0n) is 16.1. The number of para-hydroxylation sites is 2. The fourth-order valence-electron chi connectivity index (χ4n) is 3.39. The summed E-state index contributed by atoms with van der Waals surface area (Å²) in [4.78, 5) is 26.1. The van der Waals surface area contributed by atoms with Gasteiger partial charge in [-0.15, -0.1) is 0 Å². The van der Waals surface area contributed by atoms with Crippen LogP contribution in [0, 0.1) is 0 Å². The number of fused-ring (bicyclic) bond motifs is 1. The SMILES string of the molecule is O=C(CN1CC(=O)Oc2ccccc21)Nc1cccc(S(=O)(=O)N2CCOCC2)c1. The minimum atomic E-state index is -3.66. The second kappa shape index (κ2) is 8.42. The Labute approximate surface area is 174 Å². The quantitative estimate of drug-likeness (QED) is 0.558. The molecule has 0 atom stereocenters. The first-order valence-corrected chi connectivity index (χ1v) is 10.9. The Hall–Kier alpha value is -2.95. The smallest absolute Gasteiger partial charge is 0.331 e. The number of benzene rings is 2. The Bertz CT molecular complexity index is 1070. The molecule has 0 saturated carbocycles. The minimum absolute atomic E-state index is 0.0458. The number of anilines is 2. The van der Waals surface area contributed by atoms with E-state index in [4.69, 9.17) is 9.47 Å². The summed E-state index contributed by atoms with van der Waals surface area (Å²) in [5, 5.41) is 2.71. The van der Waals surface area contributed by atoms with Crippen molar-refractivity contribution < 1.29 is 27.5 Å². The van der Waals surface area contributed by atoms with Crippen LogP contribution in [0.15, 0.2) is 53.4 Å². The van der Waals surface area contributed by atoms with Gasteiger partial charge < -0.3 is 19.7 Å². The highest BCUT2D eigenvalue weighted by molar-refractivity contribution is 7.89. The zero-order chi connectivity index (χ0) is 21.1. The first-order valence-electron chi connectivity index (χ1n) is 9.46. The second-order valence-electron chi connectivity index (χ2n) is 6.89. The van der Waals surface area contributed by atoms with Crippen molar-refractivity contribution in [3.63, 3.8) is 0 Å². The normalized spacial score (nSPS) is 17.2. The van der Waals surface area contributed by atoms with Crippen LogP contribution < -0.4 is 15.0 Å². The molecule has 2 heterocycles. The number of esters is 1. The fraction of sp³-hybridized carbons (Fsp3) is 0.300. The topological polar surface area (TPSA) is 105 Å². The molecule has 1 amide bonds. The number of carbonyl (C=O) groups is 2. The summed E-state index contributed by atoms with van der Waals surface area (Å²) in [5.74, 6) is -0.416. The molecule has 2 aromatic rings. The molecule has 1 N–H and O–H groups in total. The Morgan fingerprint density at radius 2 is 1.83 bits per heavy atom. The van der Waals surface area contributed by atoms with Gasteiger partial charge in [0.2, 0.25) is 15.9 Å². The lowest BCUT2D eigenvalue weighted by Gasteiger charge is -2.29. The number of sulfonamides is 1. The fourth-order valence-corrected chi connectivity index (χ4v) is 4.84. The van der Waals surface area contributed by atoms with Crippen LogP contribution in [0.2, 0.25) is 0 Å². The molecule has 2 aliphatic rings. The Morgan fingerprint density at radius 3 is 2.63 bits per heavy atom. The van der Waals surface area contributed by atoms with Crippen molar-refractivity contribution in [1.82, 2.24) is 4.31 Å². The maximum Gasteiger partial charge on any atom is 0.331 e. The molecule has 30 heavy (non-hydrogen) atoms. The summed E-state index contributed by atoms with van der Waals surface area (Å²) in [6, 6.07) is 13.1. The van der Waals surface area contributed by atoms with Crippen LogP contribution in [0.3, 0.4) is 0 Å². The summed E-state index contributed by atoms with van der Waals surface area (Å²) in [6.45, 7) is 1.18. The first kappa shape index (κ1) is 20.3. The van der Waals surface area contributed by atoms with Crippen LogP contribution in [-0.2, 0) is 24.3 Å². The highest BCUT2D eigenvalue weighted by Gasteiger charge is 2.27. The lowest BCUT2D eigenvalue weighted by atomic mass is 10.2. The van der Waals surface area contributed by atoms with Gasteiger partial charge in [-0.1, -0.05) is 18.2 Å². The molecule has 0 bridgehead atoms. The summed E-state index contributed by atoms with van der Waals surface area (Å²) < 4.78 is 37.4. The third kappa shape index (κ3) is 4.30. The monoisotopic (exact) mass is 431 g/mol. The highest BCUT2D eigenvalue weighted by Crippen LogP contribution is 2.31. The molecule has 0 aromatic heterocycles. The average Bonchev–Trinajstić information content (AvgIpc) is 2.74. The van der Waals surface area contributed by atoms with E-state index < -0.39 is 16.0 Å². The zero-order valence-corrected chi connectivity index (χ0v) is 16.9. The van der Waals surface area contributed by atoms with Crippen molar-refractivity contribution in [1.29, 1.82) is 0 Å². The number of ether oxygens (including phenoxy) is 2. The van der Waals surface area contributed by atoms with Gasteiger partial charge in [0.25, 0.3) is 0 Å².